The van der Waals surface area contributed by atoms with Crippen LogP contribution >= 0.6 is 0 Å². The fourth-order valence-electron chi connectivity index (χ4n) is 6.84. The maximum atomic E-state index is 14.1. The molecule has 8 rings (SSSR count). The lowest BCUT2D eigenvalue weighted by Gasteiger charge is -2.43. The summed E-state index contributed by atoms with van der Waals surface area (Å²) < 4.78 is 19.9. The Labute approximate surface area is 246 Å². The predicted molar refractivity (Wildman–Crippen MR) is 166 cm³/mol. The Morgan fingerprint density at radius 3 is 1.79 bits per heavy atom. The molecule has 3 aliphatic rings. The van der Waals surface area contributed by atoms with Crippen LogP contribution in [0.4, 0.5) is 0 Å². The van der Waals surface area contributed by atoms with Crippen molar-refractivity contribution in [2.75, 3.05) is 6.61 Å². The smallest absolute Gasteiger partial charge is 0.347 e. The van der Waals surface area contributed by atoms with Gasteiger partial charge in [0.2, 0.25) is 0 Å². The largest absolute Gasteiger partial charge is 0.533 e. The van der Waals surface area contributed by atoms with Crippen LogP contribution in [0.5, 0.6) is 0 Å². The molecule has 1 aliphatic carbocycles. The molecule has 0 bridgehead atoms. The number of esters is 1. The average Bonchev–Trinajstić information content (AvgIpc) is 3.38. The first kappa shape index (κ1) is 25.0. The summed E-state index contributed by atoms with van der Waals surface area (Å²) in [5.74, 6) is 0.430. The minimum Gasteiger partial charge on any atom is -0.533 e. The highest BCUT2D eigenvalue weighted by molar-refractivity contribution is 7.07. The second-order valence-corrected chi connectivity index (χ2v) is 14.1. The van der Waals surface area contributed by atoms with Crippen molar-refractivity contribution < 1.29 is 18.7 Å². The van der Waals surface area contributed by atoms with E-state index in [1.165, 1.54) is 10.4 Å². The van der Waals surface area contributed by atoms with Crippen LogP contribution in [-0.4, -0.2) is 27.0 Å². The number of ether oxygens (including phenoxy) is 2. The molecule has 1 atom stereocenters. The van der Waals surface area contributed by atoms with Crippen LogP contribution in [0.1, 0.15) is 29.2 Å². The third-order valence-corrected chi connectivity index (χ3v) is 12.7. The molecule has 204 valence electrons. The molecule has 0 spiro atoms. The molecule has 4 nitrogen and oxygen atoms in total. The molecule has 5 aromatic carbocycles. The van der Waals surface area contributed by atoms with Gasteiger partial charge in [0, 0.05) is 23.1 Å². The highest BCUT2D eigenvalue weighted by atomic mass is 28.4. The van der Waals surface area contributed by atoms with Crippen molar-refractivity contribution in [2.45, 2.75) is 18.6 Å². The van der Waals surface area contributed by atoms with Gasteiger partial charge in [0.1, 0.15) is 0 Å². The second kappa shape index (κ2) is 9.98. The van der Waals surface area contributed by atoms with Crippen LogP contribution in [0.25, 0.3) is 16.7 Å². The van der Waals surface area contributed by atoms with E-state index in [1.807, 2.05) is 54.6 Å². The first-order valence-corrected chi connectivity index (χ1v) is 16.3. The van der Waals surface area contributed by atoms with Gasteiger partial charge in [-0.25, -0.2) is 4.79 Å². The molecule has 2 aliphatic heterocycles. The van der Waals surface area contributed by atoms with E-state index < -0.39 is 26.5 Å². The van der Waals surface area contributed by atoms with Crippen molar-refractivity contribution in [1.82, 2.24) is 0 Å². The monoisotopic (exact) mass is 564 g/mol. The zero-order valence-electron chi connectivity index (χ0n) is 22.9. The third-order valence-electron chi connectivity index (χ3n) is 8.63. The lowest BCUT2D eigenvalue weighted by molar-refractivity contribution is -0.157. The Hall–Kier alpha value is -4.71. The minimum atomic E-state index is -2.92. The van der Waals surface area contributed by atoms with Gasteiger partial charge in [-0.05, 0) is 32.3 Å². The molecule has 2 heterocycles. The molecule has 0 radical (unpaired) electrons. The van der Waals surface area contributed by atoms with E-state index in [4.69, 9.17) is 13.9 Å². The summed E-state index contributed by atoms with van der Waals surface area (Å²) in [5.41, 5.74) is 5.99. The summed E-state index contributed by atoms with van der Waals surface area (Å²) >= 11 is 0. The van der Waals surface area contributed by atoms with Crippen molar-refractivity contribution in [3.8, 4) is 11.1 Å². The first-order chi connectivity index (χ1) is 20.8. The molecule has 5 aromatic rings. The number of carbonyl (C=O) groups is 1. The first-order valence-electron chi connectivity index (χ1n) is 14.4. The Morgan fingerprint density at radius 1 is 0.643 bits per heavy atom. The zero-order chi connectivity index (χ0) is 28.1. The van der Waals surface area contributed by atoms with E-state index in [-0.39, 0.29) is 0 Å². The van der Waals surface area contributed by atoms with E-state index >= 15 is 0 Å². The minimum absolute atomic E-state index is 0.382. The van der Waals surface area contributed by atoms with E-state index in [1.54, 1.807) is 0 Å². The molecule has 0 fully saturated rings. The van der Waals surface area contributed by atoms with Crippen molar-refractivity contribution >= 4 is 35.4 Å². The fraction of sp³-hybridized carbons (Fsp3) is 0.108. The molecule has 0 unspecified atom stereocenters. The number of rotatable bonds is 4. The number of benzene rings is 5. The SMILES string of the molecule is O=C(OC1c2ccccc2-c2ccccc21)[C@H]1OCCC2=C1c1ccccc1[Si](c1ccccc1)(c1ccccc1)O2. The lowest BCUT2D eigenvalue weighted by atomic mass is 9.95. The second-order valence-electron chi connectivity index (χ2n) is 10.9. The Morgan fingerprint density at radius 2 is 1.17 bits per heavy atom. The number of fused-ring (bicyclic) bond motifs is 5. The normalized spacial score (nSPS) is 18.2. The van der Waals surface area contributed by atoms with Gasteiger partial charge in [0.05, 0.1) is 12.4 Å². The van der Waals surface area contributed by atoms with Crippen molar-refractivity contribution in [2.24, 2.45) is 0 Å². The Bertz CT molecular complexity index is 1760. The Balaban J connectivity index is 1.24. The zero-order valence-corrected chi connectivity index (χ0v) is 23.9. The van der Waals surface area contributed by atoms with Gasteiger partial charge < -0.3 is 13.9 Å². The van der Waals surface area contributed by atoms with Gasteiger partial charge in [-0.3, -0.25) is 0 Å². The van der Waals surface area contributed by atoms with Gasteiger partial charge in [0.25, 0.3) is 0 Å². The van der Waals surface area contributed by atoms with Crippen LogP contribution in [0.2, 0.25) is 0 Å². The Kier molecular flexibility index (Phi) is 5.95. The lowest BCUT2D eigenvalue weighted by Crippen LogP contribution is -2.71. The highest BCUT2D eigenvalue weighted by Gasteiger charge is 2.51. The van der Waals surface area contributed by atoms with Crippen molar-refractivity contribution in [3.05, 3.63) is 156 Å². The van der Waals surface area contributed by atoms with Gasteiger partial charge in [0.15, 0.2) is 12.2 Å². The van der Waals surface area contributed by atoms with E-state index in [0.717, 1.165) is 44.3 Å². The van der Waals surface area contributed by atoms with Crippen LogP contribution in [0.3, 0.4) is 0 Å². The number of carbonyl (C=O) groups excluding carboxylic acids is 1. The van der Waals surface area contributed by atoms with Crippen LogP contribution < -0.4 is 15.6 Å². The molecule has 0 N–H and O–H groups in total. The molecular formula is C37H28O4Si. The van der Waals surface area contributed by atoms with Crippen LogP contribution in [0.15, 0.2) is 139 Å². The van der Waals surface area contributed by atoms with E-state index in [9.17, 15) is 4.79 Å². The fourth-order valence-corrected chi connectivity index (χ4v) is 11.0. The maximum Gasteiger partial charge on any atom is 0.347 e. The molecule has 0 amide bonds. The predicted octanol–water partition coefficient (Wildman–Crippen LogP) is 5.50. The summed E-state index contributed by atoms with van der Waals surface area (Å²) in [5, 5.41) is 3.45. The summed E-state index contributed by atoms with van der Waals surface area (Å²) in [4.78, 5) is 14.1. The number of hydrogen-bond donors (Lipinski definition) is 0. The van der Waals surface area contributed by atoms with E-state index in [0.29, 0.717) is 13.0 Å². The quantitative estimate of drug-likeness (QED) is 0.214. The molecule has 42 heavy (non-hydrogen) atoms. The molecular weight excluding hydrogens is 536 g/mol. The highest BCUT2D eigenvalue weighted by Crippen LogP contribution is 2.46. The van der Waals surface area contributed by atoms with Crippen LogP contribution in [-0.2, 0) is 18.7 Å². The van der Waals surface area contributed by atoms with Crippen LogP contribution in [0, 0.1) is 0 Å². The van der Waals surface area contributed by atoms with Gasteiger partial charge >= 0.3 is 14.3 Å². The molecule has 0 saturated heterocycles. The molecule has 5 heteroatoms. The van der Waals surface area contributed by atoms with Gasteiger partial charge in [-0.15, -0.1) is 0 Å². The number of hydrogen-bond acceptors (Lipinski definition) is 4. The average molecular weight is 565 g/mol. The summed E-state index contributed by atoms with van der Waals surface area (Å²) in [7, 11) is -2.92. The summed E-state index contributed by atoms with van der Waals surface area (Å²) in [6, 6.07) is 45.7. The van der Waals surface area contributed by atoms with Gasteiger partial charge in [-0.1, -0.05) is 133 Å². The van der Waals surface area contributed by atoms with Crippen molar-refractivity contribution in [1.29, 1.82) is 0 Å². The van der Waals surface area contributed by atoms with Gasteiger partial charge in [-0.2, -0.15) is 0 Å². The summed E-state index contributed by atoms with van der Waals surface area (Å²) in [6.07, 6.45) is -0.772. The third kappa shape index (κ3) is 3.74. The van der Waals surface area contributed by atoms with Crippen molar-refractivity contribution in [3.63, 3.8) is 0 Å². The van der Waals surface area contributed by atoms with E-state index in [2.05, 4.69) is 78.9 Å². The molecule has 0 aromatic heterocycles. The molecule has 0 saturated carbocycles. The standard InChI is InChI=1S/C37H28O4Si/c38-37(40-35-29-19-9-7-17-27(29)28-18-8-10-20-30(28)35)36-34-31-21-11-12-22-33(31)42(25-13-3-1-4-14-25,26-15-5-2-6-16-26)41-32(34)23-24-39-36/h1-22,35-36H,23-24H2/t36-/m0/s1. The summed E-state index contributed by atoms with van der Waals surface area (Å²) in [6.45, 7) is 0.382. The maximum absolute atomic E-state index is 14.1. The topological polar surface area (TPSA) is 44.8 Å².